The second-order valence-corrected chi connectivity index (χ2v) is 4.09. The summed E-state index contributed by atoms with van der Waals surface area (Å²) < 4.78 is 0. The molecule has 0 bridgehead atoms. The molecule has 0 saturated heterocycles. The molecular weight excluding hydrogens is 252 g/mol. The molecule has 4 nitrogen and oxygen atoms in total. The fourth-order valence-corrected chi connectivity index (χ4v) is 1.62. The van der Waals surface area contributed by atoms with Gasteiger partial charge in [-0.25, -0.2) is 0 Å². The molecule has 0 radical (unpaired) electrons. The molecule has 0 spiro atoms. The van der Waals surface area contributed by atoms with E-state index in [1.165, 1.54) is 0 Å². The van der Waals surface area contributed by atoms with Crippen LogP contribution in [0, 0.1) is 0 Å². The summed E-state index contributed by atoms with van der Waals surface area (Å²) in [6.45, 7) is 2.42. The maximum atomic E-state index is 12.0. The van der Waals surface area contributed by atoms with Crippen molar-refractivity contribution in [2.24, 2.45) is 5.16 Å². The first-order valence-corrected chi connectivity index (χ1v) is 6.41. The minimum absolute atomic E-state index is 0.124. The molecule has 20 heavy (non-hydrogen) atoms. The van der Waals surface area contributed by atoms with Crippen LogP contribution in [0.4, 0.5) is 5.69 Å². The van der Waals surface area contributed by atoms with Crippen LogP contribution in [-0.4, -0.2) is 18.7 Å². The third-order valence-electron chi connectivity index (χ3n) is 2.61. The molecule has 1 N–H and O–H groups in total. The molecule has 0 aromatic heterocycles. The van der Waals surface area contributed by atoms with Gasteiger partial charge in [0.2, 0.25) is 0 Å². The highest BCUT2D eigenvalue weighted by Crippen LogP contribution is 2.10. The standard InChI is InChI=1S/C16H16N2O2/c1-2-20-17-12-13-8-10-15(11-9-13)18-16(19)14-6-4-3-5-7-14/h3-12H,2H2,1H3,(H,18,19). The Morgan fingerprint density at radius 3 is 2.50 bits per heavy atom. The van der Waals surface area contributed by atoms with Gasteiger partial charge in [-0.05, 0) is 36.8 Å². The zero-order valence-corrected chi connectivity index (χ0v) is 11.2. The topological polar surface area (TPSA) is 50.7 Å². The summed E-state index contributed by atoms with van der Waals surface area (Å²) in [5.74, 6) is -0.124. The van der Waals surface area contributed by atoms with E-state index in [2.05, 4.69) is 10.5 Å². The Morgan fingerprint density at radius 1 is 1.15 bits per heavy atom. The number of nitrogens with zero attached hydrogens (tertiary/aromatic N) is 1. The fourth-order valence-electron chi connectivity index (χ4n) is 1.62. The first-order valence-electron chi connectivity index (χ1n) is 6.41. The van der Waals surface area contributed by atoms with Crippen molar-refractivity contribution in [3.8, 4) is 0 Å². The molecule has 0 heterocycles. The largest absolute Gasteiger partial charge is 0.396 e. The van der Waals surface area contributed by atoms with E-state index in [1.807, 2.05) is 49.4 Å². The van der Waals surface area contributed by atoms with Crippen molar-refractivity contribution >= 4 is 17.8 Å². The van der Waals surface area contributed by atoms with Gasteiger partial charge >= 0.3 is 0 Å². The normalized spacial score (nSPS) is 10.4. The van der Waals surface area contributed by atoms with Gasteiger partial charge in [0.05, 0.1) is 6.21 Å². The predicted molar refractivity (Wildman–Crippen MR) is 80.1 cm³/mol. The van der Waals surface area contributed by atoms with Crippen LogP contribution in [0.3, 0.4) is 0 Å². The zero-order chi connectivity index (χ0) is 14.2. The molecule has 2 aromatic rings. The number of amides is 1. The molecule has 102 valence electrons. The third kappa shape index (κ3) is 3.95. The van der Waals surface area contributed by atoms with E-state index in [0.29, 0.717) is 12.2 Å². The SMILES string of the molecule is CCON=Cc1ccc(NC(=O)c2ccccc2)cc1. The van der Waals surface area contributed by atoms with Gasteiger partial charge in [0.1, 0.15) is 6.61 Å². The Morgan fingerprint density at radius 2 is 1.85 bits per heavy atom. The molecule has 0 aliphatic heterocycles. The zero-order valence-electron chi connectivity index (χ0n) is 11.2. The second kappa shape index (κ2) is 7.09. The number of oxime groups is 1. The molecular formula is C16H16N2O2. The predicted octanol–water partition coefficient (Wildman–Crippen LogP) is 3.31. The van der Waals surface area contributed by atoms with E-state index in [4.69, 9.17) is 4.84 Å². The van der Waals surface area contributed by atoms with Crippen molar-refractivity contribution in [1.29, 1.82) is 0 Å². The third-order valence-corrected chi connectivity index (χ3v) is 2.61. The van der Waals surface area contributed by atoms with Gasteiger partial charge in [-0.3, -0.25) is 4.79 Å². The highest BCUT2D eigenvalue weighted by molar-refractivity contribution is 6.04. The smallest absolute Gasteiger partial charge is 0.255 e. The molecule has 0 fully saturated rings. The lowest BCUT2D eigenvalue weighted by molar-refractivity contribution is 0.102. The summed E-state index contributed by atoms with van der Waals surface area (Å²) >= 11 is 0. The van der Waals surface area contributed by atoms with Crippen LogP contribution in [0.5, 0.6) is 0 Å². The van der Waals surface area contributed by atoms with Crippen LogP contribution >= 0.6 is 0 Å². The number of nitrogens with one attached hydrogen (secondary N) is 1. The number of anilines is 1. The van der Waals surface area contributed by atoms with Gasteiger partial charge < -0.3 is 10.2 Å². The van der Waals surface area contributed by atoms with E-state index in [9.17, 15) is 4.79 Å². The Bertz CT molecular complexity index is 577. The Labute approximate surface area is 118 Å². The van der Waals surface area contributed by atoms with E-state index < -0.39 is 0 Å². The summed E-state index contributed by atoms with van der Waals surface area (Å²) in [5, 5.41) is 6.62. The van der Waals surface area contributed by atoms with Crippen LogP contribution in [0.25, 0.3) is 0 Å². The molecule has 0 atom stereocenters. The molecule has 0 aliphatic rings. The molecule has 2 aromatic carbocycles. The lowest BCUT2D eigenvalue weighted by Crippen LogP contribution is -2.11. The van der Waals surface area contributed by atoms with Crippen molar-refractivity contribution < 1.29 is 9.63 Å². The summed E-state index contributed by atoms with van der Waals surface area (Å²) in [6.07, 6.45) is 1.63. The maximum Gasteiger partial charge on any atom is 0.255 e. The molecule has 4 heteroatoms. The van der Waals surface area contributed by atoms with E-state index in [-0.39, 0.29) is 5.91 Å². The number of benzene rings is 2. The van der Waals surface area contributed by atoms with Crippen LogP contribution < -0.4 is 5.32 Å². The van der Waals surface area contributed by atoms with Crippen LogP contribution in [0.1, 0.15) is 22.8 Å². The maximum absolute atomic E-state index is 12.0. The lowest BCUT2D eigenvalue weighted by atomic mass is 10.2. The highest BCUT2D eigenvalue weighted by Gasteiger charge is 2.04. The minimum Gasteiger partial charge on any atom is -0.396 e. The van der Waals surface area contributed by atoms with Gasteiger partial charge in [0.25, 0.3) is 5.91 Å². The van der Waals surface area contributed by atoms with Crippen LogP contribution in [0.2, 0.25) is 0 Å². The van der Waals surface area contributed by atoms with E-state index >= 15 is 0 Å². The number of hydrogen-bond acceptors (Lipinski definition) is 3. The van der Waals surface area contributed by atoms with Crippen LogP contribution in [-0.2, 0) is 4.84 Å². The van der Waals surface area contributed by atoms with Crippen molar-refractivity contribution in [3.63, 3.8) is 0 Å². The molecule has 0 unspecified atom stereocenters. The minimum atomic E-state index is -0.124. The average Bonchev–Trinajstić information content (AvgIpc) is 2.50. The summed E-state index contributed by atoms with van der Waals surface area (Å²) in [6, 6.07) is 16.5. The van der Waals surface area contributed by atoms with Crippen molar-refractivity contribution in [1.82, 2.24) is 0 Å². The monoisotopic (exact) mass is 268 g/mol. The number of carbonyl (C=O) groups is 1. The van der Waals surface area contributed by atoms with Crippen molar-refractivity contribution in [3.05, 3.63) is 65.7 Å². The lowest BCUT2D eigenvalue weighted by Gasteiger charge is -2.05. The quantitative estimate of drug-likeness (QED) is 0.668. The Kier molecular flexibility index (Phi) is 4.89. The number of rotatable bonds is 5. The van der Waals surface area contributed by atoms with Crippen molar-refractivity contribution in [2.45, 2.75) is 6.92 Å². The van der Waals surface area contributed by atoms with Gasteiger partial charge in [-0.2, -0.15) is 0 Å². The molecule has 0 saturated carbocycles. The second-order valence-electron chi connectivity index (χ2n) is 4.09. The first-order chi connectivity index (χ1) is 9.79. The van der Waals surface area contributed by atoms with Gasteiger partial charge in [0, 0.05) is 11.3 Å². The Hall–Kier alpha value is -2.62. The Balaban J connectivity index is 1.99. The number of carbonyl (C=O) groups excluding carboxylic acids is 1. The van der Waals surface area contributed by atoms with Crippen LogP contribution in [0.15, 0.2) is 59.8 Å². The molecule has 2 rings (SSSR count). The van der Waals surface area contributed by atoms with E-state index in [0.717, 1.165) is 11.3 Å². The average molecular weight is 268 g/mol. The summed E-state index contributed by atoms with van der Waals surface area (Å²) in [4.78, 5) is 16.8. The van der Waals surface area contributed by atoms with Gasteiger partial charge in [-0.15, -0.1) is 0 Å². The molecule has 1 amide bonds. The van der Waals surface area contributed by atoms with Crippen molar-refractivity contribution in [2.75, 3.05) is 11.9 Å². The van der Waals surface area contributed by atoms with Gasteiger partial charge in [-0.1, -0.05) is 35.5 Å². The number of hydrogen-bond donors (Lipinski definition) is 1. The van der Waals surface area contributed by atoms with E-state index in [1.54, 1.807) is 18.3 Å². The van der Waals surface area contributed by atoms with Gasteiger partial charge in [0.15, 0.2) is 0 Å². The molecule has 0 aliphatic carbocycles. The highest BCUT2D eigenvalue weighted by atomic mass is 16.6. The first kappa shape index (κ1) is 13.8. The fraction of sp³-hybridized carbons (Fsp3) is 0.125. The summed E-state index contributed by atoms with van der Waals surface area (Å²) in [5.41, 5.74) is 2.29. The summed E-state index contributed by atoms with van der Waals surface area (Å²) in [7, 11) is 0.